The van der Waals surface area contributed by atoms with Crippen molar-refractivity contribution in [3.63, 3.8) is 0 Å². The van der Waals surface area contributed by atoms with Crippen molar-refractivity contribution < 1.29 is 47.3 Å². The number of hydrogen-bond acceptors (Lipinski definition) is 10. The molecule has 0 saturated carbocycles. The van der Waals surface area contributed by atoms with E-state index < -0.39 is 69.1 Å². The molecule has 10 nitrogen and oxygen atoms in total. The zero-order valence-corrected chi connectivity index (χ0v) is 21.2. The van der Waals surface area contributed by atoms with E-state index in [-0.39, 0.29) is 18.4 Å². The molecular weight excluding hydrogens is 484 g/mol. The molecule has 8 atom stereocenters. The number of carbonyl (C=O) groups excluding carboxylic acids is 4. The predicted octanol–water partition coefficient (Wildman–Crippen LogP) is 2.67. The van der Waals surface area contributed by atoms with Gasteiger partial charge in [0.25, 0.3) is 0 Å². The van der Waals surface area contributed by atoms with Crippen LogP contribution in [0, 0.1) is 16.7 Å². The predicted molar refractivity (Wildman–Crippen MR) is 123 cm³/mol. The van der Waals surface area contributed by atoms with Gasteiger partial charge in [-0.2, -0.15) is 0 Å². The van der Waals surface area contributed by atoms with Crippen LogP contribution in [0.1, 0.15) is 50.9 Å². The Morgan fingerprint density at radius 2 is 1.89 bits per heavy atom. The number of ketones is 1. The molecule has 1 spiro atoms. The summed E-state index contributed by atoms with van der Waals surface area (Å²) in [6.45, 7) is 10.5. The minimum atomic E-state index is -2.23. The maximum absolute atomic E-state index is 14.2. The molecule has 6 heterocycles. The topological polar surface area (TPSA) is 128 Å². The van der Waals surface area contributed by atoms with Crippen LogP contribution in [0.5, 0.6) is 0 Å². The maximum Gasteiger partial charge on any atom is 0.342 e. The van der Waals surface area contributed by atoms with Gasteiger partial charge in [-0.3, -0.25) is 14.4 Å². The number of esters is 3. The highest BCUT2D eigenvalue weighted by molar-refractivity contribution is 6.07. The number of hydrogen-bond donors (Lipinski definition) is 0. The zero-order chi connectivity index (χ0) is 26.8. The molecule has 8 unspecified atom stereocenters. The van der Waals surface area contributed by atoms with Crippen LogP contribution in [-0.4, -0.2) is 59.5 Å². The molecular formula is C27H28O10. The Balaban J connectivity index is 1.71. The van der Waals surface area contributed by atoms with Crippen molar-refractivity contribution in [1.29, 1.82) is 0 Å². The molecule has 0 radical (unpaired) electrons. The quantitative estimate of drug-likeness (QED) is 0.257. The van der Waals surface area contributed by atoms with Gasteiger partial charge < -0.3 is 28.1 Å². The number of fused-ring (bicyclic) bond motifs is 2. The van der Waals surface area contributed by atoms with Gasteiger partial charge in [0.1, 0.15) is 23.4 Å². The fourth-order valence-electron chi connectivity index (χ4n) is 7.64. The summed E-state index contributed by atoms with van der Waals surface area (Å²) >= 11 is 0. The Morgan fingerprint density at radius 3 is 2.49 bits per heavy atom. The van der Waals surface area contributed by atoms with Gasteiger partial charge in [0, 0.05) is 13.3 Å². The largest absolute Gasteiger partial charge is 0.472 e. The minimum absolute atomic E-state index is 0.126. The van der Waals surface area contributed by atoms with Crippen LogP contribution in [0.4, 0.5) is 0 Å². The molecule has 196 valence electrons. The Bertz CT molecular complexity index is 1310. The first-order valence-electron chi connectivity index (χ1n) is 12.1. The van der Waals surface area contributed by atoms with Crippen LogP contribution in [-0.2, 0) is 38.1 Å². The number of Topliss-reactive ketones (excluding diaryl/α,β-unsaturated/α-hetero) is 1. The molecule has 4 saturated heterocycles. The average Bonchev–Trinajstić information content (AvgIpc) is 3.54. The molecule has 0 N–H and O–H groups in total. The zero-order valence-electron chi connectivity index (χ0n) is 21.2. The smallest absolute Gasteiger partial charge is 0.342 e. The molecule has 6 aliphatic rings. The Morgan fingerprint density at radius 1 is 1.16 bits per heavy atom. The molecule has 0 aromatic carbocycles. The lowest BCUT2D eigenvalue weighted by Crippen LogP contribution is -2.80. The first-order chi connectivity index (χ1) is 17.3. The lowest BCUT2D eigenvalue weighted by atomic mass is 9.49. The molecule has 1 aliphatic carbocycles. The standard InChI is InChI=1S/C27H28O10/c1-14(2)25-13-26(34-17(25)11-18(28)35-25)23(4)16-7-9-22(3,19(29)15-8-10-33-12-15)27(26,21(31)32-6)37-24(16,5)36-20(23)30/h7-10,12,16-17H,1,11,13H2,2-6H3. The number of ether oxygens (including phenoxy) is 5. The maximum atomic E-state index is 14.2. The van der Waals surface area contributed by atoms with E-state index in [9.17, 15) is 19.2 Å². The summed E-state index contributed by atoms with van der Waals surface area (Å²) in [5.74, 6) is -4.93. The number of carbonyl (C=O) groups is 4. The average molecular weight is 513 g/mol. The van der Waals surface area contributed by atoms with Crippen LogP contribution >= 0.6 is 0 Å². The van der Waals surface area contributed by atoms with Crippen molar-refractivity contribution in [2.75, 3.05) is 7.11 Å². The normalized spacial score (nSPS) is 46.9. The van der Waals surface area contributed by atoms with E-state index in [1.165, 1.54) is 25.7 Å². The molecule has 1 aromatic rings. The monoisotopic (exact) mass is 512 g/mol. The van der Waals surface area contributed by atoms with E-state index in [0.29, 0.717) is 5.57 Å². The van der Waals surface area contributed by atoms with E-state index in [2.05, 4.69) is 6.58 Å². The van der Waals surface area contributed by atoms with Gasteiger partial charge in [-0.1, -0.05) is 18.7 Å². The van der Waals surface area contributed by atoms with E-state index in [1.807, 2.05) is 0 Å². The molecule has 4 bridgehead atoms. The van der Waals surface area contributed by atoms with Gasteiger partial charge in [-0.15, -0.1) is 0 Å². The molecule has 37 heavy (non-hydrogen) atoms. The highest BCUT2D eigenvalue weighted by Crippen LogP contribution is 2.74. The molecule has 5 aliphatic heterocycles. The second-order valence-corrected chi connectivity index (χ2v) is 11.2. The van der Waals surface area contributed by atoms with E-state index in [0.717, 1.165) is 0 Å². The van der Waals surface area contributed by atoms with Crippen LogP contribution in [0.15, 0.2) is 47.3 Å². The summed E-state index contributed by atoms with van der Waals surface area (Å²) in [7, 11) is 1.18. The van der Waals surface area contributed by atoms with Crippen LogP contribution in [0.25, 0.3) is 0 Å². The highest BCUT2D eigenvalue weighted by atomic mass is 16.8. The first-order valence-corrected chi connectivity index (χ1v) is 12.1. The van der Waals surface area contributed by atoms with Crippen molar-refractivity contribution in [1.82, 2.24) is 0 Å². The SMILES string of the molecule is C=C(C)C12CC3(OC1CC(=O)O2)C1(C)C(=O)OC2(C)OC3(C(=O)OC)C(C)(C(=O)c3ccoc3)C=CC21. The third-order valence-corrected chi connectivity index (χ3v) is 9.50. The fraction of sp³-hybridized carbons (Fsp3) is 0.556. The Labute approximate surface area is 212 Å². The number of rotatable bonds is 4. The molecule has 1 aromatic heterocycles. The fourth-order valence-corrected chi connectivity index (χ4v) is 7.64. The van der Waals surface area contributed by atoms with Gasteiger partial charge >= 0.3 is 17.9 Å². The minimum Gasteiger partial charge on any atom is -0.472 e. The second-order valence-electron chi connectivity index (χ2n) is 11.2. The van der Waals surface area contributed by atoms with Crippen LogP contribution < -0.4 is 0 Å². The van der Waals surface area contributed by atoms with Gasteiger partial charge in [0.05, 0.1) is 36.7 Å². The lowest BCUT2D eigenvalue weighted by Gasteiger charge is -2.60. The first kappa shape index (κ1) is 24.1. The van der Waals surface area contributed by atoms with Crippen LogP contribution in [0.3, 0.4) is 0 Å². The van der Waals surface area contributed by atoms with Crippen molar-refractivity contribution >= 4 is 23.7 Å². The van der Waals surface area contributed by atoms with Crippen molar-refractivity contribution in [3.05, 3.63) is 48.5 Å². The molecule has 10 heteroatoms. The van der Waals surface area contributed by atoms with Gasteiger partial charge in [-0.05, 0) is 32.4 Å². The summed E-state index contributed by atoms with van der Waals surface area (Å²) in [5, 5.41) is 0. The number of methoxy groups -OCH3 is 1. The lowest BCUT2D eigenvalue weighted by molar-refractivity contribution is -0.357. The third kappa shape index (κ3) is 2.31. The third-order valence-electron chi connectivity index (χ3n) is 9.50. The van der Waals surface area contributed by atoms with Crippen LogP contribution in [0.2, 0.25) is 0 Å². The highest BCUT2D eigenvalue weighted by Gasteiger charge is 2.91. The Hall–Kier alpha value is -3.24. The summed E-state index contributed by atoms with van der Waals surface area (Å²) in [4.78, 5) is 54.7. The summed E-state index contributed by atoms with van der Waals surface area (Å²) in [6.07, 6.45) is 4.72. The summed E-state index contributed by atoms with van der Waals surface area (Å²) in [5.41, 5.74) is -8.06. The Kier molecular flexibility index (Phi) is 4.43. The van der Waals surface area contributed by atoms with Gasteiger partial charge in [0.2, 0.25) is 11.4 Å². The van der Waals surface area contributed by atoms with Crippen molar-refractivity contribution in [3.8, 4) is 0 Å². The second kappa shape index (κ2) is 6.79. The molecule has 7 rings (SSSR count). The van der Waals surface area contributed by atoms with Crippen molar-refractivity contribution in [2.45, 2.75) is 69.2 Å². The van der Waals surface area contributed by atoms with E-state index in [1.54, 1.807) is 39.8 Å². The molecule has 4 fully saturated rings. The van der Waals surface area contributed by atoms with Gasteiger partial charge in [0.15, 0.2) is 11.4 Å². The van der Waals surface area contributed by atoms with E-state index in [4.69, 9.17) is 28.1 Å². The summed E-state index contributed by atoms with van der Waals surface area (Å²) in [6, 6.07) is 1.48. The van der Waals surface area contributed by atoms with Crippen molar-refractivity contribution in [2.24, 2.45) is 16.7 Å². The van der Waals surface area contributed by atoms with Gasteiger partial charge in [-0.25, -0.2) is 4.79 Å². The summed E-state index contributed by atoms with van der Waals surface area (Å²) < 4.78 is 35.6. The number of furan rings is 1. The molecule has 0 amide bonds. The van der Waals surface area contributed by atoms with E-state index >= 15 is 0 Å².